The third-order valence-corrected chi connectivity index (χ3v) is 6.81. The van der Waals surface area contributed by atoms with Crippen molar-refractivity contribution in [3.8, 4) is 5.75 Å². The van der Waals surface area contributed by atoms with Gasteiger partial charge in [0.1, 0.15) is 5.75 Å². The Kier molecular flexibility index (Phi) is 6.19. The van der Waals surface area contributed by atoms with Gasteiger partial charge in [-0.3, -0.25) is 9.69 Å². The van der Waals surface area contributed by atoms with E-state index < -0.39 is 5.79 Å². The number of rotatable bonds is 5. The van der Waals surface area contributed by atoms with Gasteiger partial charge in [0.05, 0.1) is 38.6 Å². The average Bonchev–Trinajstić information content (AvgIpc) is 3.48. The molecular formula is C26H31N3O4. The fraction of sp³-hybridized carbons (Fsp3) is 0.462. The second-order valence-corrected chi connectivity index (χ2v) is 9.00. The molecule has 0 saturated carbocycles. The van der Waals surface area contributed by atoms with Gasteiger partial charge in [0.2, 0.25) is 0 Å². The molecule has 7 nitrogen and oxygen atoms in total. The van der Waals surface area contributed by atoms with Gasteiger partial charge in [-0.05, 0) is 18.6 Å². The van der Waals surface area contributed by atoms with Crippen molar-refractivity contribution in [1.82, 2.24) is 9.91 Å². The second-order valence-electron chi connectivity index (χ2n) is 9.00. The zero-order valence-corrected chi connectivity index (χ0v) is 19.3. The number of hydrazone groups is 1. The number of para-hydroxylation sites is 1. The maximum absolute atomic E-state index is 13.5. The number of nitrogens with zero attached hydrogens (tertiary/aromatic N) is 3. The Bertz CT molecular complexity index is 1040. The summed E-state index contributed by atoms with van der Waals surface area (Å²) >= 11 is 0. The number of amides is 1. The van der Waals surface area contributed by atoms with Gasteiger partial charge in [0.15, 0.2) is 5.79 Å². The van der Waals surface area contributed by atoms with Gasteiger partial charge < -0.3 is 14.2 Å². The molecule has 0 aromatic heterocycles. The molecule has 174 valence electrons. The zero-order valence-electron chi connectivity index (χ0n) is 19.3. The lowest BCUT2D eigenvalue weighted by Gasteiger charge is -2.37. The lowest BCUT2D eigenvalue weighted by molar-refractivity contribution is -0.186. The fourth-order valence-corrected chi connectivity index (χ4v) is 5.02. The third kappa shape index (κ3) is 4.53. The van der Waals surface area contributed by atoms with Crippen molar-refractivity contribution in [2.45, 2.75) is 38.0 Å². The largest absolute Gasteiger partial charge is 0.496 e. The van der Waals surface area contributed by atoms with Gasteiger partial charge in [-0.15, -0.1) is 0 Å². The van der Waals surface area contributed by atoms with Gasteiger partial charge >= 0.3 is 0 Å². The number of carbonyl (C=O) groups is 1. The summed E-state index contributed by atoms with van der Waals surface area (Å²) in [4.78, 5) is 15.7. The van der Waals surface area contributed by atoms with Crippen LogP contribution in [0.5, 0.6) is 5.75 Å². The maximum Gasteiger partial charge on any atom is 0.257 e. The molecule has 0 aliphatic carbocycles. The SMILES string of the molecule is COc1ccccc1C1CC(c2cccc(C)c2)=NN1C(=O)CN1CCC2(CC1)OCCO2. The van der Waals surface area contributed by atoms with E-state index in [-0.39, 0.29) is 11.9 Å². The molecular weight excluding hydrogens is 418 g/mol. The Morgan fingerprint density at radius 2 is 1.88 bits per heavy atom. The number of ether oxygens (including phenoxy) is 3. The Balaban J connectivity index is 1.37. The Hall–Kier alpha value is -2.74. The second kappa shape index (κ2) is 9.25. The number of methoxy groups -OCH3 is 1. The van der Waals surface area contributed by atoms with Crippen molar-refractivity contribution in [3.05, 3.63) is 65.2 Å². The van der Waals surface area contributed by atoms with E-state index in [2.05, 4.69) is 30.0 Å². The van der Waals surface area contributed by atoms with Crippen LogP contribution >= 0.6 is 0 Å². The van der Waals surface area contributed by atoms with Crippen molar-refractivity contribution in [2.75, 3.05) is 40.0 Å². The van der Waals surface area contributed by atoms with Crippen LogP contribution < -0.4 is 4.74 Å². The highest BCUT2D eigenvalue weighted by Gasteiger charge is 2.41. The van der Waals surface area contributed by atoms with Crippen LogP contribution in [0.3, 0.4) is 0 Å². The van der Waals surface area contributed by atoms with E-state index in [1.165, 1.54) is 5.56 Å². The van der Waals surface area contributed by atoms with E-state index in [0.29, 0.717) is 26.2 Å². The molecule has 0 radical (unpaired) electrons. The van der Waals surface area contributed by atoms with E-state index in [4.69, 9.17) is 19.3 Å². The van der Waals surface area contributed by atoms with Crippen molar-refractivity contribution < 1.29 is 19.0 Å². The third-order valence-electron chi connectivity index (χ3n) is 6.81. The first-order chi connectivity index (χ1) is 16.1. The molecule has 1 unspecified atom stereocenters. The molecule has 2 fully saturated rings. The van der Waals surface area contributed by atoms with Crippen LogP contribution in [-0.2, 0) is 14.3 Å². The molecule has 0 bridgehead atoms. The standard InChI is InChI=1S/C26H31N3O4/c1-19-6-5-7-20(16-19)22-17-23(21-8-3-4-9-24(21)31-2)29(27-22)25(30)18-28-12-10-26(11-13-28)32-14-15-33-26/h3-9,16,23H,10-15,17-18H2,1-2H3. The van der Waals surface area contributed by atoms with E-state index in [1.54, 1.807) is 12.1 Å². The lowest BCUT2D eigenvalue weighted by Crippen LogP contribution is -2.48. The summed E-state index contributed by atoms with van der Waals surface area (Å²) in [6, 6.07) is 16.0. The van der Waals surface area contributed by atoms with Crippen LogP contribution in [-0.4, -0.2) is 67.3 Å². The summed E-state index contributed by atoms with van der Waals surface area (Å²) in [7, 11) is 1.67. The minimum Gasteiger partial charge on any atom is -0.496 e. The molecule has 1 amide bonds. The van der Waals surface area contributed by atoms with Gasteiger partial charge in [0, 0.05) is 37.9 Å². The Morgan fingerprint density at radius 1 is 1.12 bits per heavy atom. The zero-order chi connectivity index (χ0) is 22.8. The monoisotopic (exact) mass is 449 g/mol. The van der Waals surface area contributed by atoms with Crippen LogP contribution in [0.2, 0.25) is 0 Å². The minimum absolute atomic E-state index is 0.00207. The normalized spacial score (nSPS) is 22.5. The van der Waals surface area contributed by atoms with E-state index >= 15 is 0 Å². The molecule has 2 saturated heterocycles. The van der Waals surface area contributed by atoms with Gasteiger partial charge in [0.25, 0.3) is 5.91 Å². The minimum atomic E-state index is -0.441. The molecule has 3 aliphatic rings. The number of piperidine rings is 1. The van der Waals surface area contributed by atoms with Gasteiger partial charge in [-0.1, -0.05) is 48.0 Å². The highest BCUT2D eigenvalue weighted by Crippen LogP contribution is 2.38. The number of carbonyl (C=O) groups excluding carboxylic acids is 1. The first-order valence-corrected chi connectivity index (χ1v) is 11.7. The fourth-order valence-electron chi connectivity index (χ4n) is 5.02. The molecule has 1 atom stereocenters. The summed E-state index contributed by atoms with van der Waals surface area (Å²) in [6.07, 6.45) is 2.22. The lowest BCUT2D eigenvalue weighted by atomic mass is 9.97. The molecule has 0 N–H and O–H groups in total. The van der Waals surface area contributed by atoms with Crippen molar-refractivity contribution in [1.29, 1.82) is 0 Å². The molecule has 3 aliphatic heterocycles. The number of hydrogen-bond acceptors (Lipinski definition) is 6. The topological polar surface area (TPSA) is 63.6 Å². The molecule has 5 rings (SSSR count). The highest BCUT2D eigenvalue weighted by molar-refractivity contribution is 6.03. The van der Waals surface area contributed by atoms with E-state index in [9.17, 15) is 4.79 Å². The molecule has 2 aromatic rings. The summed E-state index contributed by atoms with van der Waals surface area (Å²) < 4.78 is 17.3. The molecule has 7 heteroatoms. The van der Waals surface area contributed by atoms with Crippen molar-refractivity contribution in [2.24, 2.45) is 5.10 Å². The van der Waals surface area contributed by atoms with E-state index in [1.807, 2.05) is 30.3 Å². The Labute approximate surface area is 194 Å². The van der Waals surface area contributed by atoms with Crippen LogP contribution in [0.15, 0.2) is 53.6 Å². The average molecular weight is 450 g/mol. The van der Waals surface area contributed by atoms with E-state index in [0.717, 1.165) is 48.5 Å². The molecule has 1 spiro atoms. The number of likely N-dealkylation sites (tertiary alicyclic amines) is 1. The van der Waals surface area contributed by atoms with Crippen LogP contribution in [0.25, 0.3) is 0 Å². The quantitative estimate of drug-likeness (QED) is 0.699. The first-order valence-electron chi connectivity index (χ1n) is 11.7. The van der Waals surface area contributed by atoms with Crippen molar-refractivity contribution in [3.63, 3.8) is 0 Å². The number of benzene rings is 2. The molecule has 33 heavy (non-hydrogen) atoms. The predicted molar refractivity (Wildman–Crippen MR) is 125 cm³/mol. The summed E-state index contributed by atoms with van der Waals surface area (Å²) in [5.74, 6) is 0.332. The summed E-state index contributed by atoms with van der Waals surface area (Å²) in [5.41, 5.74) is 4.13. The van der Waals surface area contributed by atoms with Crippen LogP contribution in [0, 0.1) is 6.92 Å². The molecule has 3 heterocycles. The first kappa shape index (κ1) is 22.1. The van der Waals surface area contributed by atoms with Crippen molar-refractivity contribution >= 4 is 11.6 Å². The maximum atomic E-state index is 13.5. The highest BCUT2D eigenvalue weighted by atomic mass is 16.7. The van der Waals surface area contributed by atoms with Crippen LogP contribution in [0.1, 0.15) is 42.0 Å². The number of hydrogen-bond donors (Lipinski definition) is 0. The summed E-state index contributed by atoms with van der Waals surface area (Å²) in [6.45, 7) is 5.25. The van der Waals surface area contributed by atoms with Gasteiger partial charge in [-0.2, -0.15) is 5.10 Å². The Morgan fingerprint density at radius 3 is 2.61 bits per heavy atom. The smallest absolute Gasteiger partial charge is 0.257 e. The summed E-state index contributed by atoms with van der Waals surface area (Å²) in [5, 5.41) is 6.51. The van der Waals surface area contributed by atoms with Crippen LogP contribution in [0.4, 0.5) is 0 Å². The predicted octanol–water partition coefficient (Wildman–Crippen LogP) is 3.52. The number of aryl methyl sites for hydroxylation is 1. The molecule has 2 aromatic carbocycles. The van der Waals surface area contributed by atoms with Gasteiger partial charge in [-0.25, -0.2) is 5.01 Å².